The summed E-state index contributed by atoms with van der Waals surface area (Å²) in [5.41, 5.74) is 4.54. The zero-order valence-corrected chi connectivity index (χ0v) is 11.7. The quantitative estimate of drug-likeness (QED) is 0.856. The maximum absolute atomic E-state index is 11.7. The van der Waals surface area contributed by atoms with Gasteiger partial charge in [0.1, 0.15) is 6.54 Å². The molecule has 100 valence electrons. The second-order valence-corrected chi connectivity index (χ2v) is 5.21. The van der Waals surface area contributed by atoms with E-state index in [0.717, 1.165) is 28.1 Å². The number of hydrogen-bond donors (Lipinski definition) is 1. The van der Waals surface area contributed by atoms with Gasteiger partial charge >= 0.3 is 0 Å². The summed E-state index contributed by atoms with van der Waals surface area (Å²) in [7, 11) is 0. The minimum Gasteiger partial charge on any atom is -0.324 e. The second-order valence-electron chi connectivity index (χ2n) is 4.77. The summed E-state index contributed by atoms with van der Waals surface area (Å²) in [5.74, 6) is -0.115. The van der Waals surface area contributed by atoms with Crippen molar-refractivity contribution in [3.05, 3.63) is 64.2 Å². The number of aryl methyl sites for hydroxylation is 1. The molecule has 1 amide bonds. The molecule has 20 heavy (non-hydrogen) atoms. The lowest BCUT2D eigenvalue weighted by atomic mass is 9.99. The van der Waals surface area contributed by atoms with E-state index in [2.05, 4.69) is 16.4 Å². The molecule has 3 nitrogen and oxygen atoms in total. The highest BCUT2D eigenvalue weighted by molar-refractivity contribution is 6.32. The number of aliphatic imine (C=N–C) groups is 1. The molecule has 2 aromatic rings. The van der Waals surface area contributed by atoms with Gasteiger partial charge in [-0.3, -0.25) is 9.79 Å². The van der Waals surface area contributed by atoms with E-state index >= 15 is 0 Å². The number of nitrogens with one attached hydrogen (secondary N) is 1. The fourth-order valence-corrected chi connectivity index (χ4v) is 2.46. The molecule has 1 aliphatic heterocycles. The fourth-order valence-electron chi connectivity index (χ4n) is 2.29. The summed E-state index contributed by atoms with van der Waals surface area (Å²) in [6, 6.07) is 13.5. The molecule has 3 rings (SSSR count). The number of benzene rings is 2. The van der Waals surface area contributed by atoms with Gasteiger partial charge in [0.05, 0.1) is 11.4 Å². The minimum absolute atomic E-state index is 0.115. The highest BCUT2D eigenvalue weighted by Crippen LogP contribution is 2.26. The smallest absolute Gasteiger partial charge is 0.246 e. The first-order valence-electron chi connectivity index (χ1n) is 6.35. The van der Waals surface area contributed by atoms with Gasteiger partial charge in [0.25, 0.3) is 0 Å². The van der Waals surface area contributed by atoms with Gasteiger partial charge in [0.2, 0.25) is 5.91 Å². The maximum atomic E-state index is 11.7. The van der Waals surface area contributed by atoms with Crippen molar-refractivity contribution in [1.82, 2.24) is 0 Å². The fraction of sp³-hybridized carbons (Fsp3) is 0.125. The molecule has 0 fully saturated rings. The molecule has 1 heterocycles. The average molecular weight is 285 g/mol. The molecule has 0 radical (unpaired) electrons. The topological polar surface area (TPSA) is 41.5 Å². The van der Waals surface area contributed by atoms with E-state index in [0.29, 0.717) is 5.02 Å². The van der Waals surface area contributed by atoms with E-state index in [4.69, 9.17) is 11.6 Å². The van der Waals surface area contributed by atoms with Crippen LogP contribution in [0.4, 0.5) is 5.69 Å². The molecule has 0 unspecified atom stereocenters. The van der Waals surface area contributed by atoms with E-state index in [1.165, 1.54) is 0 Å². The van der Waals surface area contributed by atoms with Gasteiger partial charge in [-0.2, -0.15) is 0 Å². The number of hydrogen-bond acceptors (Lipinski definition) is 2. The molecular formula is C16H13ClN2O. The molecule has 4 heteroatoms. The molecular weight excluding hydrogens is 272 g/mol. The first kappa shape index (κ1) is 12.9. The molecule has 0 aliphatic carbocycles. The predicted molar refractivity (Wildman–Crippen MR) is 81.8 cm³/mol. The Balaban J connectivity index is 2.20. The van der Waals surface area contributed by atoms with Crippen LogP contribution in [0, 0.1) is 6.92 Å². The van der Waals surface area contributed by atoms with Crippen molar-refractivity contribution in [3.8, 4) is 0 Å². The summed E-state index contributed by atoms with van der Waals surface area (Å²) >= 11 is 6.08. The largest absolute Gasteiger partial charge is 0.324 e. The Kier molecular flexibility index (Phi) is 3.28. The number of carbonyl (C=O) groups is 1. The van der Waals surface area contributed by atoms with E-state index in [1.807, 2.05) is 37.3 Å². The van der Waals surface area contributed by atoms with Gasteiger partial charge in [0, 0.05) is 16.1 Å². The molecule has 0 saturated heterocycles. The molecule has 2 aromatic carbocycles. The lowest BCUT2D eigenvalue weighted by Crippen LogP contribution is -2.13. The van der Waals surface area contributed by atoms with Gasteiger partial charge in [-0.1, -0.05) is 35.4 Å². The zero-order chi connectivity index (χ0) is 14.1. The van der Waals surface area contributed by atoms with Crippen LogP contribution in [0.5, 0.6) is 0 Å². The Morgan fingerprint density at radius 1 is 1.20 bits per heavy atom. The molecule has 0 atom stereocenters. The third kappa shape index (κ3) is 2.45. The third-order valence-electron chi connectivity index (χ3n) is 3.18. The Morgan fingerprint density at radius 2 is 2.05 bits per heavy atom. The molecule has 1 aliphatic rings. The Bertz CT molecular complexity index is 722. The normalized spacial score (nSPS) is 14.1. The SMILES string of the molecule is Cc1cccc(C2=NCC(=O)Nc3ccc(Cl)cc32)c1. The summed E-state index contributed by atoms with van der Waals surface area (Å²) in [6.07, 6.45) is 0. The van der Waals surface area contributed by atoms with Crippen molar-refractivity contribution < 1.29 is 4.79 Å². The lowest BCUT2D eigenvalue weighted by molar-refractivity contribution is -0.114. The predicted octanol–water partition coefficient (Wildman–Crippen LogP) is 3.44. The van der Waals surface area contributed by atoms with Crippen LogP contribution in [0.2, 0.25) is 5.02 Å². The summed E-state index contributed by atoms with van der Waals surface area (Å²) < 4.78 is 0. The van der Waals surface area contributed by atoms with Gasteiger partial charge in [-0.25, -0.2) is 0 Å². The number of anilines is 1. The van der Waals surface area contributed by atoms with Crippen LogP contribution in [0.25, 0.3) is 0 Å². The standard InChI is InChI=1S/C16H13ClN2O/c1-10-3-2-4-11(7-10)16-13-8-12(17)5-6-14(13)19-15(20)9-18-16/h2-8H,9H2,1H3,(H,19,20). The van der Waals surface area contributed by atoms with Crippen LogP contribution in [0.15, 0.2) is 47.5 Å². The number of carbonyl (C=O) groups excluding carboxylic acids is 1. The summed E-state index contributed by atoms with van der Waals surface area (Å²) in [5, 5.41) is 3.48. The monoisotopic (exact) mass is 284 g/mol. The first-order valence-corrected chi connectivity index (χ1v) is 6.72. The molecule has 0 saturated carbocycles. The number of halogens is 1. The van der Waals surface area contributed by atoms with E-state index < -0.39 is 0 Å². The summed E-state index contributed by atoms with van der Waals surface area (Å²) in [6.45, 7) is 2.15. The van der Waals surface area contributed by atoms with Crippen molar-refractivity contribution in [2.45, 2.75) is 6.92 Å². The number of fused-ring (bicyclic) bond motifs is 1. The van der Waals surface area contributed by atoms with Crippen LogP contribution < -0.4 is 5.32 Å². The van der Waals surface area contributed by atoms with Crippen LogP contribution in [0.3, 0.4) is 0 Å². The lowest BCUT2D eigenvalue weighted by Gasteiger charge is -2.11. The number of rotatable bonds is 1. The molecule has 0 aromatic heterocycles. The Labute approximate surface area is 122 Å². The Hall–Kier alpha value is -2.13. The van der Waals surface area contributed by atoms with Gasteiger partial charge in [-0.05, 0) is 31.2 Å². The number of amides is 1. The first-order chi connectivity index (χ1) is 9.63. The van der Waals surface area contributed by atoms with Gasteiger partial charge in [-0.15, -0.1) is 0 Å². The number of nitrogens with zero attached hydrogens (tertiary/aromatic N) is 1. The molecule has 1 N–H and O–H groups in total. The maximum Gasteiger partial charge on any atom is 0.246 e. The van der Waals surface area contributed by atoms with Crippen molar-refractivity contribution >= 4 is 28.9 Å². The number of benzodiazepines with no additional fused rings is 1. The highest BCUT2D eigenvalue weighted by Gasteiger charge is 2.18. The minimum atomic E-state index is -0.115. The molecule has 0 bridgehead atoms. The van der Waals surface area contributed by atoms with Crippen molar-refractivity contribution in [3.63, 3.8) is 0 Å². The van der Waals surface area contributed by atoms with E-state index in [1.54, 1.807) is 6.07 Å². The van der Waals surface area contributed by atoms with Crippen molar-refractivity contribution in [2.24, 2.45) is 4.99 Å². The van der Waals surface area contributed by atoms with Crippen molar-refractivity contribution in [1.29, 1.82) is 0 Å². The van der Waals surface area contributed by atoms with Gasteiger partial charge < -0.3 is 5.32 Å². The van der Waals surface area contributed by atoms with E-state index in [9.17, 15) is 4.79 Å². The van der Waals surface area contributed by atoms with Crippen molar-refractivity contribution in [2.75, 3.05) is 11.9 Å². The zero-order valence-electron chi connectivity index (χ0n) is 11.0. The highest BCUT2D eigenvalue weighted by atomic mass is 35.5. The van der Waals surface area contributed by atoms with Crippen LogP contribution >= 0.6 is 11.6 Å². The van der Waals surface area contributed by atoms with Crippen LogP contribution in [-0.4, -0.2) is 18.2 Å². The second kappa shape index (κ2) is 5.10. The third-order valence-corrected chi connectivity index (χ3v) is 3.42. The van der Waals surface area contributed by atoms with Crippen LogP contribution in [0.1, 0.15) is 16.7 Å². The Morgan fingerprint density at radius 3 is 2.85 bits per heavy atom. The van der Waals surface area contributed by atoms with E-state index in [-0.39, 0.29) is 12.5 Å². The average Bonchev–Trinajstić information content (AvgIpc) is 2.57. The van der Waals surface area contributed by atoms with Gasteiger partial charge in [0.15, 0.2) is 0 Å². The molecule has 0 spiro atoms. The summed E-state index contributed by atoms with van der Waals surface area (Å²) in [4.78, 5) is 16.2. The van der Waals surface area contributed by atoms with Crippen LogP contribution in [-0.2, 0) is 4.79 Å².